The molecule has 1 fully saturated rings. The third-order valence-electron chi connectivity index (χ3n) is 3.58. The number of nitro benzene ring substituents is 1. The van der Waals surface area contributed by atoms with Gasteiger partial charge in [-0.3, -0.25) is 10.1 Å². The van der Waals surface area contributed by atoms with Gasteiger partial charge in [-0.25, -0.2) is 4.39 Å². The molecule has 6 heteroatoms. The minimum absolute atomic E-state index is 0.147. The molecular weight excluding hydrogens is 249 g/mol. The van der Waals surface area contributed by atoms with Crippen LogP contribution in [0.3, 0.4) is 0 Å². The monoisotopic (exact) mass is 267 g/mol. The number of aryl methyl sites for hydroxylation is 1. The molecule has 0 aliphatic carbocycles. The number of nitrogens with zero attached hydrogens (tertiary/aromatic N) is 2. The van der Waals surface area contributed by atoms with Crippen molar-refractivity contribution in [3.05, 3.63) is 33.6 Å². The molecule has 2 rings (SSSR count). The molecular formula is C13H18FN3O2. The molecule has 0 radical (unpaired) electrons. The van der Waals surface area contributed by atoms with Gasteiger partial charge in [0, 0.05) is 19.1 Å². The first-order chi connectivity index (χ1) is 9.04. The van der Waals surface area contributed by atoms with Gasteiger partial charge < -0.3 is 10.2 Å². The summed E-state index contributed by atoms with van der Waals surface area (Å²) in [6.07, 6.45) is 1.99. The van der Waals surface area contributed by atoms with Crippen LogP contribution in [0.2, 0.25) is 0 Å². The molecule has 19 heavy (non-hydrogen) atoms. The number of hydrogen-bond donors (Lipinski definition) is 1. The first-order valence-electron chi connectivity index (χ1n) is 6.40. The van der Waals surface area contributed by atoms with E-state index in [9.17, 15) is 14.5 Å². The van der Waals surface area contributed by atoms with E-state index in [1.54, 1.807) is 13.0 Å². The molecule has 1 saturated heterocycles. The zero-order valence-electron chi connectivity index (χ0n) is 11.1. The van der Waals surface area contributed by atoms with Gasteiger partial charge in [0.15, 0.2) is 0 Å². The zero-order valence-corrected chi connectivity index (χ0v) is 11.1. The molecule has 0 amide bonds. The lowest BCUT2D eigenvalue weighted by Gasteiger charge is -2.26. The Morgan fingerprint density at radius 1 is 1.58 bits per heavy atom. The Balaban J connectivity index is 2.42. The first-order valence-corrected chi connectivity index (χ1v) is 6.40. The molecule has 1 atom stereocenters. The SMILES string of the molecule is CNCC1CCCN1c1cc(C)c(F)cc1[N+](=O)[O-]. The van der Waals surface area contributed by atoms with Crippen molar-refractivity contribution in [1.29, 1.82) is 0 Å². The summed E-state index contributed by atoms with van der Waals surface area (Å²) in [6.45, 7) is 3.18. The van der Waals surface area contributed by atoms with Gasteiger partial charge in [0.1, 0.15) is 11.5 Å². The third kappa shape index (κ3) is 2.68. The highest BCUT2D eigenvalue weighted by molar-refractivity contribution is 5.65. The van der Waals surface area contributed by atoms with Gasteiger partial charge in [-0.1, -0.05) is 0 Å². The van der Waals surface area contributed by atoms with Crippen molar-refractivity contribution in [2.75, 3.05) is 25.0 Å². The Morgan fingerprint density at radius 2 is 2.32 bits per heavy atom. The van der Waals surface area contributed by atoms with Crippen LogP contribution in [0.1, 0.15) is 18.4 Å². The van der Waals surface area contributed by atoms with Crippen LogP contribution >= 0.6 is 0 Å². The molecule has 1 aliphatic heterocycles. The van der Waals surface area contributed by atoms with Crippen LogP contribution in [0.25, 0.3) is 0 Å². The molecule has 0 aromatic heterocycles. The summed E-state index contributed by atoms with van der Waals surface area (Å²) in [6, 6.07) is 2.84. The number of rotatable bonds is 4. The van der Waals surface area contributed by atoms with Gasteiger partial charge >= 0.3 is 0 Å². The molecule has 5 nitrogen and oxygen atoms in total. The van der Waals surface area contributed by atoms with Crippen LogP contribution in [-0.2, 0) is 0 Å². The summed E-state index contributed by atoms with van der Waals surface area (Å²) >= 11 is 0. The largest absolute Gasteiger partial charge is 0.362 e. The van der Waals surface area contributed by atoms with E-state index in [4.69, 9.17) is 0 Å². The van der Waals surface area contributed by atoms with Crippen LogP contribution in [-0.4, -0.2) is 31.1 Å². The Labute approximate surface area is 111 Å². The van der Waals surface area contributed by atoms with Gasteiger partial charge in [0.2, 0.25) is 0 Å². The number of likely N-dealkylation sites (N-methyl/N-ethyl adjacent to an activating group) is 1. The van der Waals surface area contributed by atoms with Crippen LogP contribution in [0.4, 0.5) is 15.8 Å². The lowest BCUT2D eigenvalue weighted by molar-refractivity contribution is -0.384. The fourth-order valence-electron chi connectivity index (χ4n) is 2.63. The van der Waals surface area contributed by atoms with E-state index < -0.39 is 10.7 Å². The van der Waals surface area contributed by atoms with E-state index >= 15 is 0 Å². The molecule has 0 saturated carbocycles. The Hall–Kier alpha value is -1.69. The smallest absolute Gasteiger partial charge is 0.295 e. The predicted octanol–water partition coefficient (Wildman–Crippen LogP) is 2.23. The Morgan fingerprint density at radius 3 is 2.95 bits per heavy atom. The molecule has 1 heterocycles. The van der Waals surface area contributed by atoms with Gasteiger partial charge in [0.05, 0.1) is 11.0 Å². The third-order valence-corrected chi connectivity index (χ3v) is 3.58. The van der Waals surface area contributed by atoms with Crippen LogP contribution in [0.5, 0.6) is 0 Å². The molecule has 1 unspecified atom stereocenters. The molecule has 1 aromatic carbocycles. The summed E-state index contributed by atoms with van der Waals surface area (Å²) in [5, 5.41) is 14.2. The summed E-state index contributed by atoms with van der Waals surface area (Å²) < 4.78 is 13.5. The molecule has 0 bridgehead atoms. The summed E-state index contributed by atoms with van der Waals surface area (Å²) in [5.74, 6) is -0.528. The second-order valence-corrected chi connectivity index (χ2v) is 4.89. The minimum Gasteiger partial charge on any atom is -0.362 e. The van der Waals surface area contributed by atoms with Crippen LogP contribution in [0.15, 0.2) is 12.1 Å². The number of anilines is 1. The van der Waals surface area contributed by atoms with Gasteiger partial charge in [-0.15, -0.1) is 0 Å². The number of halogens is 1. The lowest BCUT2D eigenvalue weighted by Crippen LogP contribution is -2.37. The lowest BCUT2D eigenvalue weighted by atomic mass is 10.1. The summed E-state index contributed by atoms with van der Waals surface area (Å²) in [4.78, 5) is 12.6. The van der Waals surface area contributed by atoms with Crippen molar-refractivity contribution >= 4 is 11.4 Å². The number of nitro groups is 1. The maximum atomic E-state index is 13.5. The summed E-state index contributed by atoms with van der Waals surface area (Å²) in [5.41, 5.74) is 0.823. The highest BCUT2D eigenvalue weighted by Gasteiger charge is 2.30. The van der Waals surface area contributed by atoms with Crippen molar-refractivity contribution < 1.29 is 9.31 Å². The van der Waals surface area contributed by atoms with Crippen molar-refractivity contribution in [1.82, 2.24) is 5.32 Å². The van der Waals surface area contributed by atoms with Gasteiger partial charge in [-0.05, 0) is 38.4 Å². The van der Waals surface area contributed by atoms with E-state index in [1.807, 2.05) is 11.9 Å². The average Bonchev–Trinajstić information content (AvgIpc) is 2.80. The molecule has 0 spiro atoms. The topological polar surface area (TPSA) is 58.4 Å². The quantitative estimate of drug-likeness (QED) is 0.671. The average molecular weight is 267 g/mol. The second-order valence-electron chi connectivity index (χ2n) is 4.89. The second kappa shape index (κ2) is 5.52. The fourth-order valence-corrected chi connectivity index (χ4v) is 2.63. The van der Waals surface area contributed by atoms with Crippen molar-refractivity contribution in [2.45, 2.75) is 25.8 Å². The minimum atomic E-state index is -0.528. The summed E-state index contributed by atoms with van der Waals surface area (Å²) in [7, 11) is 1.86. The highest BCUT2D eigenvalue weighted by Crippen LogP contribution is 2.35. The normalized spacial score (nSPS) is 18.9. The zero-order chi connectivity index (χ0) is 14.0. The van der Waals surface area contributed by atoms with Crippen molar-refractivity contribution in [3.63, 3.8) is 0 Å². The predicted molar refractivity (Wildman–Crippen MR) is 72.1 cm³/mol. The fraction of sp³-hybridized carbons (Fsp3) is 0.538. The highest BCUT2D eigenvalue weighted by atomic mass is 19.1. The van der Waals surface area contributed by atoms with E-state index in [1.165, 1.54) is 0 Å². The van der Waals surface area contributed by atoms with Crippen molar-refractivity contribution in [3.8, 4) is 0 Å². The molecule has 1 aliphatic rings. The number of hydrogen-bond acceptors (Lipinski definition) is 4. The molecule has 104 valence electrons. The van der Waals surface area contributed by atoms with E-state index in [-0.39, 0.29) is 11.7 Å². The maximum absolute atomic E-state index is 13.5. The van der Waals surface area contributed by atoms with E-state index in [2.05, 4.69) is 5.32 Å². The van der Waals surface area contributed by atoms with E-state index in [0.717, 1.165) is 32.0 Å². The molecule has 1 N–H and O–H groups in total. The Kier molecular flexibility index (Phi) is 3.99. The van der Waals surface area contributed by atoms with Gasteiger partial charge in [0.25, 0.3) is 5.69 Å². The maximum Gasteiger partial charge on any atom is 0.295 e. The Bertz CT molecular complexity index is 493. The van der Waals surface area contributed by atoms with Gasteiger partial charge in [-0.2, -0.15) is 0 Å². The van der Waals surface area contributed by atoms with Crippen molar-refractivity contribution in [2.24, 2.45) is 0 Å². The number of benzene rings is 1. The number of nitrogens with one attached hydrogen (secondary N) is 1. The first kappa shape index (κ1) is 13.7. The standard InChI is InChI=1S/C13H18FN3O2/c1-9-6-12(13(17(18)19)7-11(9)14)16-5-3-4-10(16)8-15-2/h6-7,10,15H,3-5,8H2,1-2H3. The van der Waals surface area contributed by atoms with E-state index in [0.29, 0.717) is 11.3 Å². The van der Waals surface area contributed by atoms with Crippen LogP contribution < -0.4 is 10.2 Å². The molecule has 1 aromatic rings. The van der Waals surface area contributed by atoms with Crippen LogP contribution in [0, 0.1) is 22.9 Å².